The topological polar surface area (TPSA) is 76.1 Å². The SMILES string of the molecule is CCC(C)NC(=O)CCNc1ncc(OC)cn1. The summed E-state index contributed by atoms with van der Waals surface area (Å²) in [6.45, 7) is 4.53. The fourth-order valence-corrected chi connectivity index (χ4v) is 1.25. The highest BCUT2D eigenvalue weighted by Gasteiger charge is 2.05. The zero-order chi connectivity index (χ0) is 13.4. The Morgan fingerprint density at radius 3 is 2.67 bits per heavy atom. The Bertz CT molecular complexity index is 367. The van der Waals surface area contributed by atoms with E-state index in [1.807, 2.05) is 13.8 Å². The van der Waals surface area contributed by atoms with E-state index in [1.165, 1.54) is 0 Å². The molecule has 0 aliphatic heterocycles. The molecule has 1 rings (SSSR count). The maximum atomic E-state index is 11.5. The number of methoxy groups -OCH3 is 1. The van der Waals surface area contributed by atoms with Gasteiger partial charge in [0.1, 0.15) is 0 Å². The maximum Gasteiger partial charge on any atom is 0.222 e. The second-order valence-corrected chi connectivity index (χ2v) is 4.00. The first-order valence-electron chi connectivity index (χ1n) is 6.05. The molecule has 0 aromatic carbocycles. The molecule has 1 unspecified atom stereocenters. The molecule has 0 fully saturated rings. The van der Waals surface area contributed by atoms with Crippen molar-refractivity contribution in [2.24, 2.45) is 0 Å². The van der Waals surface area contributed by atoms with Crippen molar-refractivity contribution >= 4 is 11.9 Å². The Morgan fingerprint density at radius 2 is 2.11 bits per heavy atom. The van der Waals surface area contributed by atoms with Crippen LogP contribution in [0.25, 0.3) is 0 Å². The van der Waals surface area contributed by atoms with Gasteiger partial charge in [0.2, 0.25) is 11.9 Å². The minimum Gasteiger partial charge on any atom is -0.494 e. The van der Waals surface area contributed by atoms with E-state index in [0.29, 0.717) is 24.7 Å². The molecule has 0 radical (unpaired) electrons. The quantitative estimate of drug-likeness (QED) is 0.762. The van der Waals surface area contributed by atoms with E-state index < -0.39 is 0 Å². The van der Waals surface area contributed by atoms with Crippen molar-refractivity contribution in [3.05, 3.63) is 12.4 Å². The first-order chi connectivity index (χ1) is 8.65. The summed E-state index contributed by atoms with van der Waals surface area (Å²) in [7, 11) is 1.56. The molecule has 1 aromatic heterocycles. The van der Waals surface area contributed by atoms with Gasteiger partial charge < -0.3 is 15.4 Å². The van der Waals surface area contributed by atoms with Crippen LogP contribution in [0.1, 0.15) is 26.7 Å². The van der Waals surface area contributed by atoms with Gasteiger partial charge in [0.15, 0.2) is 5.75 Å². The number of rotatable bonds is 7. The fraction of sp³-hybridized carbons (Fsp3) is 0.583. The van der Waals surface area contributed by atoms with Crippen LogP contribution in [-0.2, 0) is 4.79 Å². The van der Waals surface area contributed by atoms with Gasteiger partial charge in [-0.25, -0.2) is 9.97 Å². The Kier molecular flexibility index (Phi) is 5.90. The van der Waals surface area contributed by atoms with Crippen molar-refractivity contribution in [1.29, 1.82) is 0 Å². The van der Waals surface area contributed by atoms with E-state index in [-0.39, 0.29) is 11.9 Å². The molecule has 1 amide bonds. The van der Waals surface area contributed by atoms with Crippen molar-refractivity contribution < 1.29 is 9.53 Å². The molecule has 18 heavy (non-hydrogen) atoms. The van der Waals surface area contributed by atoms with Crippen molar-refractivity contribution in [1.82, 2.24) is 15.3 Å². The molecule has 6 nitrogen and oxygen atoms in total. The molecule has 100 valence electrons. The number of nitrogens with one attached hydrogen (secondary N) is 2. The molecule has 6 heteroatoms. The van der Waals surface area contributed by atoms with E-state index >= 15 is 0 Å². The lowest BCUT2D eigenvalue weighted by Gasteiger charge is -2.11. The predicted molar refractivity (Wildman–Crippen MR) is 69.6 cm³/mol. The van der Waals surface area contributed by atoms with Crippen LogP contribution in [0.2, 0.25) is 0 Å². The smallest absolute Gasteiger partial charge is 0.222 e. The number of nitrogens with zero attached hydrogens (tertiary/aromatic N) is 2. The second-order valence-electron chi connectivity index (χ2n) is 4.00. The number of hydrogen-bond donors (Lipinski definition) is 2. The minimum absolute atomic E-state index is 0.0327. The molecule has 0 aliphatic carbocycles. The molecule has 1 aromatic rings. The van der Waals surface area contributed by atoms with Gasteiger partial charge in [-0.15, -0.1) is 0 Å². The summed E-state index contributed by atoms with van der Waals surface area (Å²) < 4.78 is 4.95. The van der Waals surface area contributed by atoms with Crippen LogP contribution in [0.15, 0.2) is 12.4 Å². The standard InChI is InChI=1S/C12H20N4O2/c1-4-9(2)16-11(17)5-6-13-12-14-7-10(18-3)8-15-12/h7-9H,4-6H2,1-3H3,(H,16,17)(H,13,14,15). The third kappa shape index (κ3) is 4.99. The monoisotopic (exact) mass is 252 g/mol. The summed E-state index contributed by atoms with van der Waals surface area (Å²) in [5, 5.41) is 5.87. The molecule has 1 atom stereocenters. The molecule has 0 aliphatic rings. The lowest BCUT2D eigenvalue weighted by Crippen LogP contribution is -2.33. The Morgan fingerprint density at radius 1 is 1.44 bits per heavy atom. The van der Waals surface area contributed by atoms with E-state index in [1.54, 1.807) is 19.5 Å². The molecule has 0 spiro atoms. The third-order valence-corrected chi connectivity index (χ3v) is 2.52. The van der Waals surface area contributed by atoms with E-state index in [4.69, 9.17) is 4.74 Å². The van der Waals surface area contributed by atoms with Gasteiger partial charge in [-0.1, -0.05) is 6.92 Å². The maximum absolute atomic E-state index is 11.5. The van der Waals surface area contributed by atoms with Crippen LogP contribution >= 0.6 is 0 Å². The number of anilines is 1. The largest absolute Gasteiger partial charge is 0.494 e. The molecular weight excluding hydrogens is 232 g/mol. The fourth-order valence-electron chi connectivity index (χ4n) is 1.25. The predicted octanol–water partition coefficient (Wildman–Crippen LogP) is 1.20. The number of hydrogen-bond acceptors (Lipinski definition) is 5. The van der Waals surface area contributed by atoms with Gasteiger partial charge in [-0.2, -0.15) is 0 Å². The van der Waals surface area contributed by atoms with E-state index in [9.17, 15) is 4.79 Å². The molecule has 0 saturated carbocycles. The number of carbonyl (C=O) groups excluding carboxylic acids is 1. The van der Waals surface area contributed by atoms with Gasteiger partial charge in [0.05, 0.1) is 19.5 Å². The molecular formula is C12H20N4O2. The van der Waals surface area contributed by atoms with Crippen molar-refractivity contribution in [2.75, 3.05) is 19.0 Å². The summed E-state index contributed by atoms with van der Waals surface area (Å²) in [5.41, 5.74) is 0. The van der Waals surface area contributed by atoms with Crippen LogP contribution < -0.4 is 15.4 Å². The Labute approximate surface area is 107 Å². The van der Waals surface area contributed by atoms with Gasteiger partial charge in [0.25, 0.3) is 0 Å². The number of aromatic nitrogens is 2. The lowest BCUT2D eigenvalue weighted by molar-refractivity contribution is -0.121. The highest BCUT2D eigenvalue weighted by molar-refractivity contribution is 5.76. The summed E-state index contributed by atoms with van der Waals surface area (Å²) in [5.74, 6) is 1.13. The summed E-state index contributed by atoms with van der Waals surface area (Å²) in [6.07, 6.45) is 4.49. The Balaban J connectivity index is 2.26. The minimum atomic E-state index is 0.0327. The molecule has 0 saturated heterocycles. The third-order valence-electron chi connectivity index (χ3n) is 2.52. The lowest BCUT2D eigenvalue weighted by atomic mass is 10.2. The van der Waals surface area contributed by atoms with Crippen LogP contribution in [-0.4, -0.2) is 35.6 Å². The molecule has 2 N–H and O–H groups in total. The Hall–Kier alpha value is -1.85. The average molecular weight is 252 g/mol. The van der Waals surface area contributed by atoms with E-state index in [0.717, 1.165) is 6.42 Å². The van der Waals surface area contributed by atoms with Crippen molar-refractivity contribution in [3.63, 3.8) is 0 Å². The van der Waals surface area contributed by atoms with Crippen molar-refractivity contribution in [3.8, 4) is 5.75 Å². The highest BCUT2D eigenvalue weighted by Crippen LogP contribution is 2.06. The van der Waals surface area contributed by atoms with Gasteiger partial charge in [-0.3, -0.25) is 4.79 Å². The summed E-state index contributed by atoms with van der Waals surface area (Å²) in [6, 6.07) is 0.217. The molecule has 1 heterocycles. The average Bonchev–Trinajstić information content (AvgIpc) is 2.39. The summed E-state index contributed by atoms with van der Waals surface area (Å²) in [4.78, 5) is 19.6. The van der Waals surface area contributed by atoms with Crippen LogP contribution in [0.3, 0.4) is 0 Å². The van der Waals surface area contributed by atoms with Crippen LogP contribution in [0.5, 0.6) is 5.75 Å². The highest BCUT2D eigenvalue weighted by atomic mass is 16.5. The van der Waals surface area contributed by atoms with E-state index in [2.05, 4.69) is 20.6 Å². The van der Waals surface area contributed by atoms with Gasteiger partial charge in [-0.05, 0) is 13.3 Å². The van der Waals surface area contributed by atoms with Gasteiger partial charge >= 0.3 is 0 Å². The number of carbonyl (C=O) groups is 1. The second kappa shape index (κ2) is 7.47. The van der Waals surface area contributed by atoms with Crippen LogP contribution in [0, 0.1) is 0 Å². The number of ether oxygens (including phenoxy) is 1. The first-order valence-corrected chi connectivity index (χ1v) is 6.05. The normalized spacial score (nSPS) is 11.7. The van der Waals surface area contributed by atoms with Gasteiger partial charge in [0, 0.05) is 19.0 Å². The zero-order valence-electron chi connectivity index (χ0n) is 11.1. The van der Waals surface area contributed by atoms with Crippen molar-refractivity contribution in [2.45, 2.75) is 32.7 Å². The number of amides is 1. The molecule has 0 bridgehead atoms. The first kappa shape index (κ1) is 14.2. The summed E-state index contributed by atoms with van der Waals surface area (Å²) >= 11 is 0. The van der Waals surface area contributed by atoms with Crippen LogP contribution in [0.4, 0.5) is 5.95 Å². The zero-order valence-corrected chi connectivity index (χ0v) is 11.1.